The predicted octanol–water partition coefficient (Wildman–Crippen LogP) is 4.91. The highest BCUT2D eigenvalue weighted by Gasteiger charge is 2.25. The molecule has 4 rings (SSSR count). The van der Waals surface area contributed by atoms with Crippen molar-refractivity contribution in [3.8, 4) is 11.3 Å². The monoisotopic (exact) mass is 451 g/mol. The zero-order valence-corrected chi connectivity index (χ0v) is 17.4. The van der Waals surface area contributed by atoms with Gasteiger partial charge in [0.25, 0.3) is 0 Å². The molecule has 0 aliphatic carbocycles. The van der Waals surface area contributed by atoms with Crippen LogP contribution in [0.2, 0.25) is 0 Å². The van der Waals surface area contributed by atoms with E-state index >= 15 is 0 Å². The molecule has 0 fully saturated rings. The SMILES string of the molecule is NCCNc1ccc2c(-c3ccc(F)cc3)nc(N(C(N)=O)c3c(F)cccc3F)cc2c1. The lowest BCUT2D eigenvalue weighted by Crippen LogP contribution is -2.33. The summed E-state index contributed by atoms with van der Waals surface area (Å²) in [7, 11) is 0. The minimum absolute atomic E-state index is 0.0886. The van der Waals surface area contributed by atoms with E-state index in [0.717, 1.165) is 17.8 Å². The maximum atomic E-state index is 14.6. The number of aromatic nitrogens is 1. The fourth-order valence-electron chi connectivity index (χ4n) is 3.55. The molecule has 1 aromatic heterocycles. The van der Waals surface area contributed by atoms with Gasteiger partial charge in [-0.25, -0.2) is 27.8 Å². The molecule has 0 spiro atoms. The first-order chi connectivity index (χ1) is 15.9. The predicted molar refractivity (Wildman–Crippen MR) is 123 cm³/mol. The molecule has 33 heavy (non-hydrogen) atoms. The number of amides is 2. The number of carbonyl (C=O) groups excluding carboxylic acids is 1. The lowest BCUT2D eigenvalue weighted by atomic mass is 10.0. The molecule has 0 aliphatic rings. The van der Waals surface area contributed by atoms with E-state index in [0.29, 0.717) is 40.0 Å². The van der Waals surface area contributed by atoms with Gasteiger partial charge < -0.3 is 16.8 Å². The van der Waals surface area contributed by atoms with Crippen LogP contribution in [-0.4, -0.2) is 24.1 Å². The molecule has 2 amide bonds. The summed E-state index contributed by atoms with van der Waals surface area (Å²) < 4.78 is 42.6. The van der Waals surface area contributed by atoms with Crippen molar-refractivity contribution in [3.05, 3.63) is 84.2 Å². The Morgan fingerprint density at radius 1 is 0.970 bits per heavy atom. The lowest BCUT2D eigenvalue weighted by Gasteiger charge is -2.22. The van der Waals surface area contributed by atoms with E-state index in [1.165, 1.54) is 36.4 Å². The minimum atomic E-state index is -1.12. The molecule has 4 aromatic rings. The van der Waals surface area contributed by atoms with E-state index in [-0.39, 0.29) is 5.82 Å². The number of carbonyl (C=O) groups is 1. The number of fused-ring (bicyclic) bond motifs is 1. The van der Waals surface area contributed by atoms with Gasteiger partial charge in [-0.05, 0) is 60.0 Å². The van der Waals surface area contributed by atoms with E-state index < -0.39 is 29.2 Å². The number of primary amides is 1. The summed E-state index contributed by atoms with van der Waals surface area (Å²) in [5.41, 5.74) is 12.1. The molecule has 6 nitrogen and oxygen atoms in total. The van der Waals surface area contributed by atoms with Crippen molar-refractivity contribution in [3.63, 3.8) is 0 Å². The number of halogens is 3. The molecule has 0 saturated carbocycles. The highest BCUT2D eigenvalue weighted by atomic mass is 19.1. The molecule has 0 radical (unpaired) electrons. The van der Waals surface area contributed by atoms with E-state index in [9.17, 15) is 18.0 Å². The van der Waals surface area contributed by atoms with Crippen molar-refractivity contribution in [2.24, 2.45) is 11.5 Å². The Balaban J connectivity index is 1.98. The van der Waals surface area contributed by atoms with E-state index in [2.05, 4.69) is 10.3 Å². The molecule has 0 bridgehead atoms. The van der Waals surface area contributed by atoms with Crippen LogP contribution in [0.1, 0.15) is 0 Å². The first-order valence-electron chi connectivity index (χ1n) is 10.1. The molecule has 0 atom stereocenters. The van der Waals surface area contributed by atoms with Gasteiger partial charge in [0.2, 0.25) is 0 Å². The van der Waals surface area contributed by atoms with Crippen molar-refractivity contribution < 1.29 is 18.0 Å². The molecular weight excluding hydrogens is 431 g/mol. The van der Waals surface area contributed by atoms with Gasteiger partial charge in [0.05, 0.1) is 5.69 Å². The Bertz CT molecular complexity index is 1310. The highest BCUT2D eigenvalue weighted by Crippen LogP contribution is 2.36. The first-order valence-corrected chi connectivity index (χ1v) is 10.1. The zero-order valence-electron chi connectivity index (χ0n) is 17.4. The molecule has 0 unspecified atom stereocenters. The number of nitrogens with zero attached hydrogens (tertiary/aromatic N) is 2. The second kappa shape index (κ2) is 9.17. The third kappa shape index (κ3) is 4.44. The highest BCUT2D eigenvalue weighted by molar-refractivity contribution is 6.03. The van der Waals surface area contributed by atoms with Gasteiger partial charge in [0.1, 0.15) is 29.0 Å². The van der Waals surface area contributed by atoms with Crippen molar-refractivity contribution in [1.82, 2.24) is 4.98 Å². The Morgan fingerprint density at radius 3 is 2.30 bits per heavy atom. The number of pyridine rings is 1. The molecule has 3 aromatic carbocycles. The van der Waals surface area contributed by atoms with Crippen molar-refractivity contribution >= 4 is 34.0 Å². The topological polar surface area (TPSA) is 97.3 Å². The number of anilines is 3. The van der Waals surface area contributed by atoms with Crippen molar-refractivity contribution in [2.45, 2.75) is 0 Å². The van der Waals surface area contributed by atoms with Gasteiger partial charge in [-0.1, -0.05) is 12.1 Å². The molecule has 0 saturated heterocycles. The third-order valence-corrected chi connectivity index (χ3v) is 5.02. The van der Waals surface area contributed by atoms with Crippen LogP contribution in [-0.2, 0) is 0 Å². The second-order valence-electron chi connectivity index (χ2n) is 7.23. The lowest BCUT2D eigenvalue weighted by molar-refractivity contribution is 0.255. The van der Waals surface area contributed by atoms with Gasteiger partial charge in [-0.2, -0.15) is 0 Å². The largest absolute Gasteiger partial charge is 0.384 e. The fraction of sp³-hybridized carbons (Fsp3) is 0.0833. The van der Waals surface area contributed by atoms with Gasteiger partial charge in [0, 0.05) is 29.7 Å². The molecule has 5 N–H and O–H groups in total. The normalized spacial score (nSPS) is 10.9. The number of nitrogens with two attached hydrogens (primary N) is 2. The maximum absolute atomic E-state index is 14.6. The summed E-state index contributed by atoms with van der Waals surface area (Å²) in [5, 5.41) is 4.45. The van der Waals surface area contributed by atoms with Gasteiger partial charge in [0.15, 0.2) is 0 Å². The number of rotatable bonds is 6. The average molecular weight is 451 g/mol. The molecule has 1 heterocycles. The fourth-order valence-corrected chi connectivity index (χ4v) is 3.55. The van der Waals surface area contributed by atoms with E-state index in [1.54, 1.807) is 6.07 Å². The van der Waals surface area contributed by atoms with Crippen LogP contribution < -0.4 is 21.7 Å². The molecule has 9 heteroatoms. The standard InChI is InChI=1S/C24H20F3N5O/c25-16-6-4-14(5-7-16)22-18-9-8-17(30-11-10-28)12-15(18)13-21(31-22)32(24(29)33)23-19(26)2-1-3-20(23)27/h1-9,12-13,30H,10-11,28H2,(H2,29,33). The number of para-hydroxylation sites is 1. The van der Waals surface area contributed by atoms with Crippen LogP contribution in [0.3, 0.4) is 0 Å². The van der Waals surface area contributed by atoms with E-state index in [4.69, 9.17) is 11.5 Å². The summed E-state index contributed by atoms with van der Waals surface area (Å²) in [5.74, 6) is -2.47. The molecule has 0 aliphatic heterocycles. The average Bonchev–Trinajstić information content (AvgIpc) is 2.79. The van der Waals surface area contributed by atoms with Crippen LogP contribution in [0.4, 0.5) is 35.2 Å². The third-order valence-electron chi connectivity index (χ3n) is 5.02. The van der Waals surface area contributed by atoms with E-state index in [1.807, 2.05) is 12.1 Å². The molecule has 168 valence electrons. The number of nitrogens with one attached hydrogen (secondary N) is 1. The van der Waals surface area contributed by atoms with Crippen LogP contribution in [0, 0.1) is 17.5 Å². The summed E-state index contributed by atoms with van der Waals surface area (Å²) >= 11 is 0. The van der Waals surface area contributed by atoms with Crippen LogP contribution in [0.5, 0.6) is 0 Å². The summed E-state index contributed by atoms with van der Waals surface area (Å²) in [6.07, 6.45) is 0. The minimum Gasteiger partial charge on any atom is -0.384 e. The van der Waals surface area contributed by atoms with Crippen molar-refractivity contribution in [2.75, 3.05) is 23.3 Å². The second-order valence-corrected chi connectivity index (χ2v) is 7.23. The first kappa shape index (κ1) is 22.1. The smallest absolute Gasteiger partial charge is 0.325 e. The quantitative estimate of drug-likeness (QED) is 0.388. The van der Waals surface area contributed by atoms with Crippen molar-refractivity contribution in [1.29, 1.82) is 0 Å². The van der Waals surface area contributed by atoms with Crippen LogP contribution >= 0.6 is 0 Å². The Hall–Kier alpha value is -4.11. The van der Waals surface area contributed by atoms with Gasteiger partial charge in [-0.15, -0.1) is 0 Å². The Labute approximate surface area is 187 Å². The summed E-state index contributed by atoms with van der Waals surface area (Å²) in [6.45, 7) is 0.949. The maximum Gasteiger partial charge on any atom is 0.325 e. The summed E-state index contributed by atoms with van der Waals surface area (Å²) in [6, 6.07) is 14.6. The van der Waals surface area contributed by atoms with Gasteiger partial charge in [-0.3, -0.25) is 0 Å². The van der Waals surface area contributed by atoms with Crippen LogP contribution in [0.15, 0.2) is 66.7 Å². The Kier molecular flexibility index (Phi) is 6.14. The summed E-state index contributed by atoms with van der Waals surface area (Å²) in [4.78, 5) is 17.5. The number of benzene rings is 3. The van der Waals surface area contributed by atoms with Crippen LogP contribution in [0.25, 0.3) is 22.0 Å². The Morgan fingerprint density at radius 2 is 1.67 bits per heavy atom. The number of hydrogen-bond acceptors (Lipinski definition) is 4. The number of hydrogen-bond donors (Lipinski definition) is 3. The molecular formula is C24H20F3N5O. The van der Waals surface area contributed by atoms with Gasteiger partial charge >= 0.3 is 6.03 Å². The number of urea groups is 1. The zero-order chi connectivity index (χ0) is 23.5.